The number of carbonyl (C=O) groups excluding carboxylic acids is 1. The summed E-state index contributed by atoms with van der Waals surface area (Å²) in [7, 11) is 0. The van der Waals surface area contributed by atoms with Crippen LogP contribution in [0.2, 0.25) is 0 Å². The molecule has 0 aliphatic rings. The molecule has 1 amide bonds. The first-order valence-corrected chi connectivity index (χ1v) is 3.52. The van der Waals surface area contributed by atoms with Gasteiger partial charge in [0, 0.05) is 0 Å². The predicted molar refractivity (Wildman–Crippen MR) is 43.0 cm³/mol. The third kappa shape index (κ3) is 1.80. The monoisotopic (exact) mass is 148 g/mol. The standard InChI is InChI=1S/C9H10NO/c1-7(9(10)11)8-5-3-2-4-6-8/h2-7,10H,1H3. The first-order chi connectivity index (χ1) is 5.22. The van der Waals surface area contributed by atoms with E-state index in [2.05, 4.69) is 0 Å². The van der Waals surface area contributed by atoms with Gasteiger partial charge in [-0.05, 0) is 12.5 Å². The summed E-state index contributed by atoms with van der Waals surface area (Å²) >= 11 is 0. The van der Waals surface area contributed by atoms with Crippen LogP contribution in [0.4, 0.5) is 0 Å². The van der Waals surface area contributed by atoms with Crippen molar-refractivity contribution in [3.63, 3.8) is 0 Å². The molecule has 1 rings (SSSR count). The number of nitrogens with one attached hydrogen (secondary N) is 1. The SMILES string of the molecule is CC(C([NH])=O)c1ccccc1. The third-order valence-corrected chi connectivity index (χ3v) is 1.69. The minimum Gasteiger partial charge on any atom is -0.273 e. The summed E-state index contributed by atoms with van der Waals surface area (Å²) in [5, 5.41) is 0. The maximum absolute atomic E-state index is 10.6. The smallest absolute Gasteiger partial charge is 0.245 e. The topological polar surface area (TPSA) is 40.9 Å². The molecule has 0 aromatic heterocycles. The van der Waals surface area contributed by atoms with Crippen LogP contribution in [0.5, 0.6) is 0 Å². The first kappa shape index (κ1) is 7.79. The molecule has 0 saturated carbocycles. The van der Waals surface area contributed by atoms with Gasteiger partial charge in [-0.25, -0.2) is 0 Å². The molecule has 1 radical (unpaired) electrons. The normalized spacial score (nSPS) is 12.5. The van der Waals surface area contributed by atoms with E-state index in [0.717, 1.165) is 5.56 Å². The van der Waals surface area contributed by atoms with Gasteiger partial charge < -0.3 is 0 Å². The van der Waals surface area contributed by atoms with Crippen LogP contribution >= 0.6 is 0 Å². The third-order valence-electron chi connectivity index (χ3n) is 1.69. The van der Waals surface area contributed by atoms with Crippen LogP contribution in [-0.2, 0) is 4.79 Å². The molecule has 1 atom stereocenters. The lowest BCUT2D eigenvalue weighted by Crippen LogP contribution is -2.08. The molecule has 2 nitrogen and oxygen atoms in total. The lowest BCUT2D eigenvalue weighted by atomic mass is 10.0. The number of benzene rings is 1. The van der Waals surface area contributed by atoms with Gasteiger partial charge in [-0.3, -0.25) is 10.5 Å². The van der Waals surface area contributed by atoms with Crippen LogP contribution in [-0.4, -0.2) is 5.91 Å². The molecular formula is C9H10NO. The van der Waals surface area contributed by atoms with Gasteiger partial charge in [-0.2, -0.15) is 0 Å². The zero-order chi connectivity index (χ0) is 8.27. The van der Waals surface area contributed by atoms with Crippen molar-refractivity contribution < 1.29 is 4.79 Å². The van der Waals surface area contributed by atoms with Crippen molar-refractivity contribution in [2.24, 2.45) is 0 Å². The van der Waals surface area contributed by atoms with E-state index in [1.807, 2.05) is 30.3 Å². The Kier molecular flexibility index (Phi) is 2.26. The fourth-order valence-electron chi connectivity index (χ4n) is 0.893. The second kappa shape index (κ2) is 3.19. The van der Waals surface area contributed by atoms with Crippen LogP contribution in [0, 0.1) is 0 Å². The van der Waals surface area contributed by atoms with Crippen LogP contribution in [0.1, 0.15) is 18.4 Å². The molecule has 0 fully saturated rings. The second-order valence-electron chi connectivity index (χ2n) is 2.50. The Bertz CT molecular complexity index is 243. The van der Waals surface area contributed by atoms with Crippen LogP contribution in [0.15, 0.2) is 30.3 Å². The van der Waals surface area contributed by atoms with Gasteiger partial charge in [0.15, 0.2) is 0 Å². The van der Waals surface area contributed by atoms with Gasteiger partial charge in [-0.1, -0.05) is 30.3 Å². The van der Waals surface area contributed by atoms with Crippen LogP contribution in [0.3, 0.4) is 0 Å². The second-order valence-corrected chi connectivity index (χ2v) is 2.50. The maximum atomic E-state index is 10.6. The lowest BCUT2D eigenvalue weighted by molar-refractivity contribution is -0.119. The first-order valence-electron chi connectivity index (χ1n) is 3.52. The van der Waals surface area contributed by atoms with Crippen molar-refractivity contribution in [2.45, 2.75) is 12.8 Å². The molecule has 2 heteroatoms. The van der Waals surface area contributed by atoms with Crippen molar-refractivity contribution in [1.29, 1.82) is 0 Å². The van der Waals surface area contributed by atoms with E-state index in [1.165, 1.54) is 0 Å². The van der Waals surface area contributed by atoms with Gasteiger partial charge in [0.25, 0.3) is 0 Å². The number of hydrogen-bond acceptors (Lipinski definition) is 1. The summed E-state index contributed by atoms with van der Waals surface area (Å²) in [6.45, 7) is 1.74. The highest BCUT2D eigenvalue weighted by atomic mass is 16.1. The van der Waals surface area contributed by atoms with E-state index >= 15 is 0 Å². The average Bonchev–Trinajstić information content (AvgIpc) is 2.05. The molecular weight excluding hydrogens is 138 g/mol. The molecule has 1 aromatic carbocycles. The van der Waals surface area contributed by atoms with E-state index in [4.69, 9.17) is 5.73 Å². The van der Waals surface area contributed by atoms with Gasteiger partial charge in [-0.15, -0.1) is 0 Å². The van der Waals surface area contributed by atoms with Crippen molar-refractivity contribution in [3.05, 3.63) is 35.9 Å². The van der Waals surface area contributed by atoms with Gasteiger partial charge >= 0.3 is 0 Å². The van der Waals surface area contributed by atoms with E-state index < -0.39 is 5.91 Å². The highest BCUT2D eigenvalue weighted by Gasteiger charge is 2.10. The quantitative estimate of drug-likeness (QED) is 0.628. The number of carbonyl (C=O) groups is 1. The van der Waals surface area contributed by atoms with Gasteiger partial charge in [0.1, 0.15) is 0 Å². The number of hydrogen-bond donors (Lipinski definition) is 0. The molecule has 1 aromatic rings. The summed E-state index contributed by atoms with van der Waals surface area (Å²) in [5.41, 5.74) is 7.79. The molecule has 0 spiro atoms. The average molecular weight is 148 g/mol. The lowest BCUT2D eigenvalue weighted by Gasteiger charge is -2.04. The van der Waals surface area contributed by atoms with E-state index in [1.54, 1.807) is 6.92 Å². The van der Waals surface area contributed by atoms with Crippen molar-refractivity contribution in [3.8, 4) is 0 Å². The molecule has 0 heterocycles. The van der Waals surface area contributed by atoms with E-state index in [0.29, 0.717) is 0 Å². The number of rotatable bonds is 2. The molecule has 11 heavy (non-hydrogen) atoms. The summed E-state index contributed by atoms with van der Waals surface area (Å²) in [6, 6.07) is 9.35. The fourth-order valence-corrected chi connectivity index (χ4v) is 0.893. The fraction of sp³-hybridized carbons (Fsp3) is 0.222. The van der Waals surface area contributed by atoms with Gasteiger partial charge in [0.2, 0.25) is 5.91 Å². The van der Waals surface area contributed by atoms with Crippen LogP contribution in [0.25, 0.3) is 0 Å². The Morgan fingerprint density at radius 2 is 1.91 bits per heavy atom. The summed E-state index contributed by atoms with van der Waals surface area (Å²) in [4.78, 5) is 10.6. The predicted octanol–water partition coefficient (Wildman–Crippen LogP) is 1.60. The maximum Gasteiger partial charge on any atom is 0.245 e. The molecule has 1 N–H and O–H groups in total. The molecule has 57 valence electrons. The molecule has 1 unspecified atom stereocenters. The minimum absolute atomic E-state index is 0.295. The Morgan fingerprint density at radius 1 is 1.36 bits per heavy atom. The van der Waals surface area contributed by atoms with Crippen molar-refractivity contribution >= 4 is 5.91 Å². The number of amides is 1. The highest BCUT2D eigenvalue weighted by Crippen LogP contribution is 2.13. The van der Waals surface area contributed by atoms with Crippen molar-refractivity contribution in [2.75, 3.05) is 0 Å². The largest absolute Gasteiger partial charge is 0.273 e. The molecule has 0 saturated heterocycles. The molecule has 0 aliphatic carbocycles. The summed E-state index contributed by atoms with van der Waals surface area (Å²) in [5.74, 6) is -0.826. The Balaban J connectivity index is 2.85. The summed E-state index contributed by atoms with van der Waals surface area (Å²) in [6.07, 6.45) is 0. The van der Waals surface area contributed by atoms with Crippen molar-refractivity contribution in [1.82, 2.24) is 5.73 Å². The molecule has 0 bridgehead atoms. The molecule has 0 aliphatic heterocycles. The van der Waals surface area contributed by atoms with Gasteiger partial charge in [0.05, 0.1) is 5.92 Å². The Hall–Kier alpha value is -1.31. The van der Waals surface area contributed by atoms with E-state index in [9.17, 15) is 4.79 Å². The zero-order valence-electron chi connectivity index (χ0n) is 6.37. The van der Waals surface area contributed by atoms with E-state index in [-0.39, 0.29) is 5.92 Å². The Labute approximate surface area is 66.0 Å². The van der Waals surface area contributed by atoms with Crippen LogP contribution < -0.4 is 5.73 Å². The summed E-state index contributed by atoms with van der Waals surface area (Å²) < 4.78 is 0. The zero-order valence-corrected chi connectivity index (χ0v) is 6.37. The highest BCUT2D eigenvalue weighted by molar-refractivity contribution is 5.80. The minimum atomic E-state index is -0.531. The Morgan fingerprint density at radius 3 is 2.36 bits per heavy atom.